The number of benzene rings is 1. The van der Waals surface area contributed by atoms with Crippen LogP contribution in [-0.4, -0.2) is 15.4 Å². The van der Waals surface area contributed by atoms with Crippen LogP contribution in [0.3, 0.4) is 0 Å². The van der Waals surface area contributed by atoms with Crippen LogP contribution in [0.4, 0.5) is 0 Å². The van der Waals surface area contributed by atoms with Gasteiger partial charge in [-0.15, -0.1) is 6.58 Å². The van der Waals surface area contributed by atoms with Gasteiger partial charge in [0.25, 0.3) is 0 Å². The van der Waals surface area contributed by atoms with Gasteiger partial charge in [0.2, 0.25) is 8.32 Å². The van der Waals surface area contributed by atoms with Crippen LogP contribution in [0, 0.1) is 16.7 Å². The van der Waals surface area contributed by atoms with Crippen LogP contribution < -0.4 is 4.74 Å². The molecule has 2 nitrogen and oxygen atoms in total. The monoisotopic (exact) mass is 382 g/mol. The molecule has 0 aromatic heterocycles. The van der Waals surface area contributed by atoms with E-state index in [0.29, 0.717) is 11.8 Å². The first-order valence-electron chi connectivity index (χ1n) is 10.4. The molecule has 1 saturated carbocycles. The molecule has 3 unspecified atom stereocenters. The zero-order valence-corrected chi connectivity index (χ0v) is 18.6. The third-order valence-corrected chi connectivity index (χ3v) is 8.30. The number of aryl methyl sites for hydroxylation is 1. The fourth-order valence-electron chi connectivity index (χ4n) is 6.24. The number of hydrogen-bond acceptors (Lipinski definition) is 2. The molecule has 1 fully saturated rings. The van der Waals surface area contributed by atoms with Crippen molar-refractivity contribution in [1.29, 1.82) is 0 Å². The summed E-state index contributed by atoms with van der Waals surface area (Å²) in [5.74, 6) is 3.44. The third kappa shape index (κ3) is 2.81. The standard InChI is InChI=1S/C24H34O2Si/c1-7-24-15-12-17-16-18(25-3)8-9-19(17)20(24)13-14-23(2)21(24)10-11-22(23)26-27(4,5)6/h7-9,11,16,20-21H,1,10,12-15H2,2-6H3/t20?,21?,23-,24?/m0/s1. The Morgan fingerprint density at radius 2 is 2.00 bits per heavy atom. The van der Waals surface area contributed by atoms with E-state index in [0.717, 1.165) is 18.6 Å². The van der Waals surface area contributed by atoms with Gasteiger partial charge in [0, 0.05) is 5.41 Å². The molecule has 0 aliphatic heterocycles. The summed E-state index contributed by atoms with van der Waals surface area (Å²) in [4.78, 5) is 0. The van der Waals surface area contributed by atoms with Crippen LogP contribution in [0.1, 0.15) is 49.7 Å². The van der Waals surface area contributed by atoms with Crippen molar-refractivity contribution in [1.82, 2.24) is 0 Å². The van der Waals surface area contributed by atoms with Gasteiger partial charge in [0.1, 0.15) is 5.75 Å². The van der Waals surface area contributed by atoms with E-state index in [4.69, 9.17) is 9.16 Å². The van der Waals surface area contributed by atoms with Crippen LogP contribution in [0.15, 0.2) is 42.7 Å². The molecule has 0 bridgehead atoms. The molecule has 146 valence electrons. The summed E-state index contributed by atoms with van der Waals surface area (Å²) in [5, 5.41) is 0. The van der Waals surface area contributed by atoms with E-state index in [9.17, 15) is 0 Å². The molecular formula is C24H34O2Si. The fourth-order valence-corrected chi connectivity index (χ4v) is 7.22. The Kier molecular flexibility index (Phi) is 4.38. The van der Waals surface area contributed by atoms with Crippen LogP contribution in [0.25, 0.3) is 0 Å². The lowest BCUT2D eigenvalue weighted by molar-refractivity contribution is -0.000559. The molecule has 3 heteroatoms. The summed E-state index contributed by atoms with van der Waals surface area (Å²) in [5.41, 5.74) is 3.35. The minimum Gasteiger partial charge on any atom is -0.547 e. The molecule has 0 spiro atoms. The highest BCUT2D eigenvalue weighted by molar-refractivity contribution is 6.70. The molecule has 1 aromatic rings. The van der Waals surface area contributed by atoms with Gasteiger partial charge in [0.05, 0.1) is 12.9 Å². The van der Waals surface area contributed by atoms with E-state index in [1.54, 1.807) is 7.11 Å². The highest BCUT2D eigenvalue weighted by Gasteiger charge is 2.59. The van der Waals surface area contributed by atoms with E-state index >= 15 is 0 Å². The minimum atomic E-state index is -1.60. The molecule has 0 N–H and O–H groups in total. The van der Waals surface area contributed by atoms with Gasteiger partial charge < -0.3 is 9.16 Å². The lowest BCUT2D eigenvalue weighted by Gasteiger charge is -2.57. The van der Waals surface area contributed by atoms with Crippen molar-refractivity contribution >= 4 is 8.32 Å². The number of fused-ring (bicyclic) bond motifs is 5. The van der Waals surface area contributed by atoms with Crippen molar-refractivity contribution in [3.8, 4) is 5.75 Å². The SMILES string of the molecule is C=CC12CCc3cc(OC)ccc3C1CC[C@]1(C)C(O[Si](C)(C)C)=CCC21. The normalized spacial score (nSPS) is 34.8. The first-order chi connectivity index (χ1) is 12.7. The quantitative estimate of drug-likeness (QED) is 0.440. The molecule has 0 saturated heterocycles. The Labute approximate surface area is 165 Å². The zero-order valence-electron chi connectivity index (χ0n) is 17.6. The molecule has 0 radical (unpaired) electrons. The summed E-state index contributed by atoms with van der Waals surface area (Å²) in [6.45, 7) is 13.7. The minimum absolute atomic E-state index is 0.162. The topological polar surface area (TPSA) is 18.5 Å². The molecule has 27 heavy (non-hydrogen) atoms. The Balaban J connectivity index is 1.72. The Hall–Kier alpha value is -1.48. The van der Waals surface area contributed by atoms with E-state index in [1.807, 2.05) is 0 Å². The highest BCUT2D eigenvalue weighted by Crippen LogP contribution is 2.67. The smallest absolute Gasteiger partial charge is 0.241 e. The van der Waals surface area contributed by atoms with Crippen molar-refractivity contribution in [2.45, 2.75) is 64.6 Å². The van der Waals surface area contributed by atoms with Gasteiger partial charge >= 0.3 is 0 Å². The summed E-state index contributed by atoms with van der Waals surface area (Å²) in [7, 11) is 0.159. The second-order valence-electron chi connectivity index (χ2n) is 9.96. The van der Waals surface area contributed by atoms with Crippen LogP contribution in [0.2, 0.25) is 19.6 Å². The average molecular weight is 383 g/mol. The second kappa shape index (κ2) is 6.27. The maximum atomic E-state index is 6.59. The molecule has 4 atom stereocenters. The third-order valence-electron chi connectivity index (χ3n) is 7.47. The zero-order chi connectivity index (χ0) is 19.4. The largest absolute Gasteiger partial charge is 0.547 e. The molecule has 4 rings (SSSR count). The number of hydrogen-bond donors (Lipinski definition) is 0. The van der Waals surface area contributed by atoms with E-state index in [-0.39, 0.29) is 10.8 Å². The summed E-state index contributed by atoms with van der Waals surface area (Å²) in [6.07, 6.45) is 10.6. The van der Waals surface area contributed by atoms with Gasteiger partial charge in [-0.3, -0.25) is 0 Å². The number of methoxy groups -OCH3 is 1. The summed E-state index contributed by atoms with van der Waals surface area (Å²) >= 11 is 0. The fraction of sp³-hybridized carbons (Fsp3) is 0.583. The van der Waals surface area contributed by atoms with Crippen molar-refractivity contribution in [3.05, 3.63) is 53.8 Å². The van der Waals surface area contributed by atoms with Gasteiger partial charge in [-0.1, -0.05) is 19.1 Å². The second-order valence-corrected chi connectivity index (χ2v) is 14.4. The highest BCUT2D eigenvalue weighted by atomic mass is 28.4. The van der Waals surface area contributed by atoms with Crippen molar-refractivity contribution in [2.24, 2.45) is 16.7 Å². The van der Waals surface area contributed by atoms with Gasteiger partial charge in [0.15, 0.2) is 0 Å². The molecule has 3 aliphatic carbocycles. The van der Waals surface area contributed by atoms with Crippen molar-refractivity contribution in [2.75, 3.05) is 7.11 Å². The lowest BCUT2D eigenvalue weighted by atomic mass is 9.47. The Morgan fingerprint density at radius 1 is 1.22 bits per heavy atom. The number of allylic oxidation sites excluding steroid dienone is 3. The average Bonchev–Trinajstić information content (AvgIpc) is 2.96. The molecule has 1 aromatic carbocycles. The van der Waals surface area contributed by atoms with Gasteiger partial charge in [-0.25, -0.2) is 0 Å². The molecule has 0 heterocycles. The van der Waals surface area contributed by atoms with Crippen molar-refractivity contribution in [3.63, 3.8) is 0 Å². The first kappa shape index (κ1) is 18.9. The molecule has 3 aliphatic rings. The van der Waals surface area contributed by atoms with Crippen LogP contribution >= 0.6 is 0 Å². The Morgan fingerprint density at radius 3 is 2.67 bits per heavy atom. The van der Waals surface area contributed by atoms with Gasteiger partial charge in [-0.2, -0.15) is 0 Å². The predicted molar refractivity (Wildman–Crippen MR) is 115 cm³/mol. The molecule has 0 amide bonds. The number of rotatable bonds is 4. The first-order valence-corrected chi connectivity index (χ1v) is 13.8. The predicted octanol–water partition coefficient (Wildman–Crippen LogP) is 6.45. The van der Waals surface area contributed by atoms with Crippen LogP contribution in [-0.2, 0) is 10.8 Å². The lowest BCUT2D eigenvalue weighted by Crippen LogP contribution is -2.49. The maximum Gasteiger partial charge on any atom is 0.241 e. The van der Waals surface area contributed by atoms with Gasteiger partial charge in [-0.05, 0) is 98.3 Å². The summed E-state index contributed by atoms with van der Waals surface area (Å²) < 4.78 is 12.1. The van der Waals surface area contributed by atoms with E-state index in [2.05, 4.69) is 63.5 Å². The van der Waals surface area contributed by atoms with Crippen LogP contribution in [0.5, 0.6) is 5.75 Å². The van der Waals surface area contributed by atoms with E-state index < -0.39 is 8.32 Å². The maximum absolute atomic E-state index is 6.59. The Bertz CT molecular complexity index is 790. The van der Waals surface area contributed by atoms with Crippen molar-refractivity contribution < 1.29 is 9.16 Å². The number of ether oxygens (including phenoxy) is 1. The summed E-state index contributed by atoms with van der Waals surface area (Å²) in [6, 6.07) is 6.71. The molecular weight excluding hydrogens is 348 g/mol. The van der Waals surface area contributed by atoms with E-state index in [1.165, 1.54) is 36.1 Å².